The molecule has 0 aliphatic carbocycles. The smallest absolute Gasteiger partial charge is 0.336 e. The Hall–Kier alpha value is -4.14. The van der Waals surface area contributed by atoms with Crippen molar-refractivity contribution in [2.75, 3.05) is 25.6 Å². The maximum Gasteiger partial charge on any atom is 0.336 e. The maximum atomic E-state index is 13.1. The second-order valence-electron chi connectivity index (χ2n) is 7.60. The molecule has 1 aliphatic heterocycles. The van der Waals surface area contributed by atoms with Crippen molar-refractivity contribution in [3.8, 4) is 5.75 Å². The summed E-state index contributed by atoms with van der Waals surface area (Å²) in [4.78, 5) is 40.9. The first-order chi connectivity index (χ1) is 16.3. The van der Waals surface area contributed by atoms with Crippen LogP contribution in [0.5, 0.6) is 5.75 Å². The minimum atomic E-state index is -0.683. The van der Waals surface area contributed by atoms with Gasteiger partial charge < -0.3 is 24.8 Å². The van der Waals surface area contributed by atoms with Gasteiger partial charge in [-0.25, -0.2) is 9.59 Å². The van der Waals surface area contributed by atoms with Crippen LogP contribution in [-0.4, -0.2) is 43.2 Å². The number of benzene rings is 1. The van der Waals surface area contributed by atoms with Gasteiger partial charge >= 0.3 is 11.9 Å². The molecule has 1 aliphatic rings. The van der Waals surface area contributed by atoms with Crippen LogP contribution >= 0.6 is 0 Å². The lowest BCUT2D eigenvalue weighted by Gasteiger charge is -2.30. The Morgan fingerprint density at radius 1 is 1.00 bits per heavy atom. The van der Waals surface area contributed by atoms with Gasteiger partial charge in [0.2, 0.25) is 5.91 Å². The molecule has 1 unspecified atom stereocenters. The van der Waals surface area contributed by atoms with Gasteiger partial charge in [0.05, 0.1) is 24.2 Å². The maximum absolute atomic E-state index is 13.1. The van der Waals surface area contributed by atoms with Gasteiger partial charge in [-0.3, -0.25) is 9.78 Å². The number of pyridine rings is 1. The van der Waals surface area contributed by atoms with E-state index in [1.54, 1.807) is 62.6 Å². The third-order valence-corrected chi connectivity index (χ3v) is 5.16. The fraction of sp³-hybridized carbons (Fsp3) is 0.280. The highest BCUT2D eigenvalue weighted by atomic mass is 16.6. The van der Waals surface area contributed by atoms with E-state index in [2.05, 4.69) is 15.6 Å². The van der Waals surface area contributed by atoms with Crippen LogP contribution in [0.15, 0.2) is 71.3 Å². The monoisotopic (exact) mass is 465 g/mol. The summed E-state index contributed by atoms with van der Waals surface area (Å²) in [5, 5.41) is 5.76. The zero-order valence-electron chi connectivity index (χ0n) is 19.5. The van der Waals surface area contributed by atoms with Crippen molar-refractivity contribution in [1.82, 2.24) is 10.3 Å². The van der Waals surface area contributed by atoms with Crippen molar-refractivity contribution >= 4 is 23.5 Å². The minimum Gasteiger partial charge on any atom is -0.490 e. The first-order valence-electron chi connectivity index (χ1n) is 10.7. The van der Waals surface area contributed by atoms with Crippen LogP contribution in [0.4, 0.5) is 5.69 Å². The standard InChI is InChI=1S/C25H27N3O6/c1-15-21(24(30)32-4)23(18-6-5-11-26-14-18)22(16(2)27-15)25(31)34-13-12-33-20-9-7-19(8-10-20)28-17(3)29/h5-11,14,23,27H,12-13H2,1-4H3,(H,28,29). The summed E-state index contributed by atoms with van der Waals surface area (Å²) in [5.41, 5.74) is 3.14. The van der Waals surface area contributed by atoms with Gasteiger partial charge in [-0.1, -0.05) is 6.07 Å². The number of nitrogens with one attached hydrogen (secondary N) is 2. The first-order valence-corrected chi connectivity index (χ1v) is 10.7. The Bertz CT molecular complexity index is 1120. The number of rotatable bonds is 8. The van der Waals surface area contributed by atoms with Gasteiger partial charge in [-0.2, -0.15) is 0 Å². The molecule has 2 aromatic rings. The van der Waals surface area contributed by atoms with E-state index >= 15 is 0 Å². The van der Waals surface area contributed by atoms with Gasteiger partial charge in [0.15, 0.2) is 0 Å². The number of dihydropyridines is 1. The summed E-state index contributed by atoms with van der Waals surface area (Å²) in [6, 6.07) is 10.4. The van der Waals surface area contributed by atoms with Crippen LogP contribution in [0.2, 0.25) is 0 Å². The topological polar surface area (TPSA) is 116 Å². The van der Waals surface area contributed by atoms with Gasteiger partial charge in [0.1, 0.15) is 19.0 Å². The molecule has 0 spiro atoms. The molecule has 2 N–H and O–H groups in total. The number of carbonyl (C=O) groups is 3. The molecule has 3 rings (SSSR count). The molecule has 1 aromatic carbocycles. The minimum absolute atomic E-state index is 0.000918. The number of allylic oxidation sites excluding steroid dienone is 2. The molecule has 1 aromatic heterocycles. The number of esters is 2. The average molecular weight is 466 g/mol. The van der Waals surface area contributed by atoms with Gasteiger partial charge in [-0.05, 0) is 49.7 Å². The molecule has 9 nitrogen and oxygen atoms in total. The molecule has 2 heterocycles. The summed E-state index contributed by atoms with van der Waals surface area (Å²) in [6.45, 7) is 5.07. The molecule has 1 atom stereocenters. The number of ether oxygens (including phenoxy) is 3. The highest BCUT2D eigenvalue weighted by molar-refractivity contribution is 5.99. The summed E-state index contributed by atoms with van der Waals surface area (Å²) in [7, 11) is 1.30. The highest BCUT2D eigenvalue weighted by Gasteiger charge is 2.37. The molecular formula is C25H27N3O6. The zero-order valence-corrected chi connectivity index (χ0v) is 19.5. The SMILES string of the molecule is COC(=O)C1=C(C)NC(C)=C(C(=O)OCCOc2ccc(NC(C)=O)cc2)C1c1cccnc1. The third-order valence-electron chi connectivity index (χ3n) is 5.16. The average Bonchev–Trinajstić information content (AvgIpc) is 2.82. The third kappa shape index (κ3) is 5.80. The summed E-state index contributed by atoms with van der Waals surface area (Å²) in [5.74, 6) is -1.38. The fourth-order valence-corrected chi connectivity index (χ4v) is 3.73. The van der Waals surface area contributed by atoms with Crippen molar-refractivity contribution in [3.63, 3.8) is 0 Å². The second kappa shape index (κ2) is 11.1. The van der Waals surface area contributed by atoms with Crippen LogP contribution < -0.4 is 15.4 Å². The van der Waals surface area contributed by atoms with Crippen molar-refractivity contribution in [3.05, 3.63) is 76.9 Å². The number of hydrogen-bond donors (Lipinski definition) is 2. The van der Waals surface area contributed by atoms with Gasteiger partial charge in [0, 0.05) is 36.4 Å². The van der Waals surface area contributed by atoms with Gasteiger partial charge in [0.25, 0.3) is 0 Å². The van der Waals surface area contributed by atoms with Crippen LogP contribution in [0.1, 0.15) is 32.3 Å². The number of hydrogen-bond acceptors (Lipinski definition) is 8. The largest absolute Gasteiger partial charge is 0.490 e. The number of nitrogens with zero attached hydrogens (tertiary/aromatic N) is 1. The predicted molar refractivity (Wildman–Crippen MR) is 125 cm³/mol. The Kier molecular flexibility index (Phi) is 8.02. The lowest BCUT2D eigenvalue weighted by Crippen LogP contribution is -2.32. The van der Waals surface area contributed by atoms with Crippen molar-refractivity contribution in [1.29, 1.82) is 0 Å². The van der Waals surface area contributed by atoms with Gasteiger partial charge in [-0.15, -0.1) is 0 Å². The van der Waals surface area contributed by atoms with E-state index in [9.17, 15) is 14.4 Å². The van der Waals surface area contributed by atoms with E-state index < -0.39 is 17.9 Å². The number of carbonyl (C=O) groups excluding carboxylic acids is 3. The first kappa shape index (κ1) is 24.5. The van der Waals surface area contributed by atoms with Crippen LogP contribution in [0.3, 0.4) is 0 Å². The van der Waals surface area contributed by atoms with E-state index in [1.807, 2.05) is 0 Å². The normalized spacial score (nSPS) is 15.4. The molecule has 0 bridgehead atoms. The summed E-state index contributed by atoms with van der Waals surface area (Å²) < 4.78 is 16.1. The number of anilines is 1. The molecule has 178 valence electrons. The zero-order chi connectivity index (χ0) is 24.7. The highest BCUT2D eigenvalue weighted by Crippen LogP contribution is 2.38. The number of amides is 1. The van der Waals surface area contributed by atoms with Crippen molar-refractivity contribution < 1.29 is 28.6 Å². The summed E-state index contributed by atoms with van der Waals surface area (Å²) in [6.07, 6.45) is 3.23. The molecular weight excluding hydrogens is 438 g/mol. The van der Waals surface area contributed by atoms with Crippen molar-refractivity contribution in [2.45, 2.75) is 26.7 Å². The van der Waals surface area contributed by atoms with E-state index in [0.29, 0.717) is 39.5 Å². The lowest BCUT2D eigenvalue weighted by atomic mass is 9.81. The second-order valence-corrected chi connectivity index (χ2v) is 7.60. The van der Waals surface area contributed by atoms with E-state index in [1.165, 1.54) is 14.0 Å². The molecule has 0 radical (unpaired) electrons. The Morgan fingerprint density at radius 2 is 1.68 bits per heavy atom. The Morgan fingerprint density at radius 3 is 2.26 bits per heavy atom. The van der Waals surface area contributed by atoms with E-state index in [4.69, 9.17) is 14.2 Å². The molecule has 1 amide bonds. The van der Waals surface area contributed by atoms with E-state index in [-0.39, 0.29) is 19.1 Å². The number of methoxy groups -OCH3 is 1. The molecule has 0 fully saturated rings. The Balaban J connectivity index is 1.70. The quantitative estimate of drug-likeness (QED) is 0.451. The van der Waals surface area contributed by atoms with Crippen LogP contribution in [0, 0.1) is 0 Å². The predicted octanol–water partition coefficient (Wildman–Crippen LogP) is 3.07. The Labute approximate surface area is 197 Å². The van der Waals surface area contributed by atoms with Crippen LogP contribution in [0.25, 0.3) is 0 Å². The van der Waals surface area contributed by atoms with Crippen LogP contribution in [-0.2, 0) is 23.9 Å². The summed E-state index contributed by atoms with van der Waals surface area (Å²) >= 11 is 0. The molecule has 0 saturated heterocycles. The fourth-order valence-electron chi connectivity index (χ4n) is 3.73. The molecule has 0 saturated carbocycles. The molecule has 9 heteroatoms. The van der Waals surface area contributed by atoms with Crippen molar-refractivity contribution in [2.24, 2.45) is 0 Å². The van der Waals surface area contributed by atoms with E-state index in [0.717, 1.165) is 0 Å². The lowest BCUT2D eigenvalue weighted by molar-refractivity contribution is -0.140. The number of aromatic nitrogens is 1. The molecule has 34 heavy (non-hydrogen) atoms.